The van der Waals surface area contributed by atoms with Crippen LogP contribution in [0.5, 0.6) is 5.88 Å². The molecular formula is C14H18N2O. The second-order valence-corrected chi connectivity index (χ2v) is 4.82. The van der Waals surface area contributed by atoms with Gasteiger partial charge in [0.2, 0.25) is 5.88 Å². The normalized spacial score (nSPS) is 11.8. The van der Waals surface area contributed by atoms with Crippen molar-refractivity contribution in [2.45, 2.75) is 39.7 Å². The van der Waals surface area contributed by atoms with Gasteiger partial charge in [-0.3, -0.25) is 0 Å². The van der Waals surface area contributed by atoms with Crippen LogP contribution < -0.4 is 4.74 Å². The highest BCUT2D eigenvalue weighted by molar-refractivity contribution is 5.74. The minimum absolute atomic E-state index is 0.206. The molecule has 1 aromatic carbocycles. The van der Waals surface area contributed by atoms with Crippen molar-refractivity contribution < 1.29 is 4.74 Å². The quantitative estimate of drug-likeness (QED) is 0.809. The summed E-state index contributed by atoms with van der Waals surface area (Å²) >= 11 is 0. The Balaban J connectivity index is 2.44. The SMILES string of the molecule is CCC(C)(C)Oc1nc2ccccc2nc1C. The molecule has 0 saturated carbocycles. The van der Waals surface area contributed by atoms with Gasteiger partial charge in [-0.25, -0.2) is 9.97 Å². The fourth-order valence-corrected chi connectivity index (χ4v) is 1.50. The highest BCUT2D eigenvalue weighted by Crippen LogP contribution is 2.23. The molecule has 3 nitrogen and oxygen atoms in total. The molecule has 1 heterocycles. The van der Waals surface area contributed by atoms with Crippen LogP contribution in [0.2, 0.25) is 0 Å². The molecule has 0 aliphatic rings. The fourth-order valence-electron chi connectivity index (χ4n) is 1.50. The molecule has 0 fully saturated rings. The number of aryl methyl sites for hydroxylation is 1. The van der Waals surface area contributed by atoms with E-state index in [4.69, 9.17) is 4.74 Å². The van der Waals surface area contributed by atoms with Crippen molar-refractivity contribution in [3.05, 3.63) is 30.0 Å². The largest absolute Gasteiger partial charge is 0.470 e. The van der Waals surface area contributed by atoms with Gasteiger partial charge in [0.05, 0.1) is 11.0 Å². The van der Waals surface area contributed by atoms with Crippen LogP contribution in [-0.2, 0) is 0 Å². The summed E-state index contributed by atoms with van der Waals surface area (Å²) in [5, 5.41) is 0. The van der Waals surface area contributed by atoms with Crippen molar-refractivity contribution in [2.24, 2.45) is 0 Å². The molecule has 1 aromatic heterocycles. The minimum atomic E-state index is -0.206. The van der Waals surface area contributed by atoms with E-state index in [-0.39, 0.29) is 5.60 Å². The van der Waals surface area contributed by atoms with Crippen molar-refractivity contribution in [3.63, 3.8) is 0 Å². The first-order valence-corrected chi connectivity index (χ1v) is 5.94. The topological polar surface area (TPSA) is 35.0 Å². The van der Waals surface area contributed by atoms with Crippen LogP contribution in [-0.4, -0.2) is 15.6 Å². The Morgan fingerprint density at radius 1 is 1.12 bits per heavy atom. The molecule has 2 rings (SSSR count). The van der Waals surface area contributed by atoms with Crippen LogP contribution in [0, 0.1) is 6.92 Å². The Bertz CT molecular complexity index is 535. The summed E-state index contributed by atoms with van der Waals surface area (Å²) in [7, 11) is 0. The van der Waals surface area contributed by atoms with E-state index in [1.54, 1.807) is 0 Å². The average Bonchev–Trinajstić information content (AvgIpc) is 2.30. The lowest BCUT2D eigenvalue weighted by Gasteiger charge is -2.24. The zero-order valence-corrected chi connectivity index (χ0v) is 10.8. The van der Waals surface area contributed by atoms with Crippen LogP contribution in [0.15, 0.2) is 24.3 Å². The smallest absolute Gasteiger partial charge is 0.236 e. The molecule has 0 aliphatic heterocycles. The van der Waals surface area contributed by atoms with Gasteiger partial charge in [-0.05, 0) is 39.3 Å². The maximum Gasteiger partial charge on any atom is 0.236 e. The number of aromatic nitrogens is 2. The molecule has 3 heteroatoms. The number of hydrogen-bond donors (Lipinski definition) is 0. The monoisotopic (exact) mass is 230 g/mol. The van der Waals surface area contributed by atoms with E-state index in [0.29, 0.717) is 5.88 Å². The third-order valence-corrected chi connectivity index (χ3v) is 2.93. The molecule has 90 valence electrons. The highest BCUT2D eigenvalue weighted by atomic mass is 16.5. The van der Waals surface area contributed by atoms with Gasteiger partial charge in [-0.2, -0.15) is 0 Å². The average molecular weight is 230 g/mol. The van der Waals surface area contributed by atoms with E-state index in [1.165, 1.54) is 0 Å². The summed E-state index contributed by atoms with van der Waals surface area (Å²) in [4.78, 5) is 9.03. The van der Waals surface area contributed by atoms with Crippen LogP contribution in [0.3, 0.4) is 0 Å². The summed E-state index contributed by atoms with van der Waals surface area (Å²) in [5.74, 6) is 0.635. The Labute approximate surface area is 102 Å². The molecule has 0 aliphatic carbocycles. The summed E-state index contributed by atoms with van der Waals surface area (Å²) < 4.78 is 5.92. The van der Waals surface area contributed by atoms with Gasteiger partial charge in [-0.15, -0.1) is 0 Å². The Hall–Kier alpha value is -1.64. The number of rotatable bonds is 3. The summed E-state index contributed by atoms with van der Waals surface area (Å²) in [6, 6.07) is 7.84. The van der Waals surface area contributed by atoms with E-state index >= 15 is 0 Å². The third kappa shape index (κ3) is 2.54. The standard InChI is InChI=1S/C14H18N2O/c1-5-14(3,4)17-13-10(2)15-11-8-6-7-9-12(11)16-13/h6-9H,5H2,1-4H3. The number of fused-ring (bicyclic) bond motifs is 1. The molecule has 2 aromatic rings. The number of benzene rings is 1. The van der Waals surface area contributed by atoms with Crippen LogP contribution in [0.1, 0.15) is 32.9 Å². The van der Waals surface area contributed by atoms with Crippen molar-refractivity contribution in [1.82, 2.24) is 9.97 Å². The zero-order valence-electron chi connectivity index (χ0n) is 10.8. The maximum absolute atomic E-state index is 5.92. The molecule has 0 bridgehead atoms. The lowest BCUT2D eigenvalue weighted by Crippen LogP contribution is -2.27. The lowest BCUT2D eigenvalue weighted by molar-refractivity contribution is 0.0978. The van der Waals surface area contributed by atoms with Crippen LogP contribution >= 0.6 is 0 Å². The van der Waals surface area contributed by atoms with Crippen LogP contribution in [0.25, 0.3) is 11.0 Å². The summed E-state index contributed by atoms with van der Waals surface area (Å²) in [5.41, 5.74) is 2.42. The van der Waals surface area contributed by atoms with Gasteiger partial charge in [0.15, 0.2) is 0 Å². The Morgan fingerprint density at radius 3 is 2.29 bits per heavy atom. The van der Waals surface area contributed by atoms with Gasteiger partial charge >= 0.3 is 0 Å². The van der Waals surface area contributed by atoms with Crippen LogP contribution in [0.4, 0.5) is 0 Å². The number of para-hydroxylation sites is 2. The molecule has 0 N–H and O–H groups in total. The number of ether oxygens (including phenoxy) is 1. The molecule has 17 heavy (non-hydrogen) atoms. The van der Waals surface area contributed by atoms with E-state index in [0.717, 1.165) is 23.1 Å². The second kappa shape index (κ2) is 4.32. The lowest BCUT2D eigenvalue weighted by atomic mass is 10.1. The molecule has 0 spiro atoms. The van der Waals surface area contributed by atoms with E-state index in [2.05, 4.69) is 30.7 Å². The maximum atomic E-state index is 5.92. The van der Waals surface area contributed by atoms with Gasteiger partial charge < -0.3 is 4.74 Å². The number of nitrogens with zero attached hydrogens (tertiary/aromatic N) is 2. The predicted molar refractivity (Wildman–Crippen MR) is 69.3 cm³/mol. The Morgan fingerprint density at radius 2 is 1.71 bits per heavy atom. The second-order valence-electron chi connectivity index (χ2n) is 4.82. The van der Waals surface area contributed by atoms with Crippen molar-refractivity contribution >= 4 is 11.0 Å². The minimum Gasteiger partial charge on any atom is -0.470 e. The van der Waals surface area contributed by atoms with Gasteiger partial charge in [0.1, 0.15) is 11.3 Å². The first-order valence-electron chi connectivity index (χ1n) is 5.94. The van der Waals surface area contributed by atoms with E-state index in [9.17, 15) is 0 Å². The van der Waals surface area contributed by atoms with Crippen molar-refractivity contribution in [1.29, 1.82) is 0 Å². The van der Waals surface area contributed by atoms with E-state index in [1.807, 2.05) is 31.2 Å². The molecular weight excluding hydrogens is 212 g/mol. The van der Waals surface area contributed by atoms with Crippen molar-refractivity contribution in [2.75, 3.05) is 0 Å². The van der Waals surface area contributed by atoms with Gasteiger partial charge in [0.25, 0.3) is 0 Å². The van der Waals surface area contributed by atoms with Gasteiger partial charge in [0, 0.05) is 0 Å². The molecule has 0 atom stereocenters. The van der Waals surface area contributed by atoms with Gasteiger partial charge in [-0.1, -0.05) is 19.1 Å². The highest BCUT2D eigenvalue weighted by Gasteiger charge is 2.19. The molecule has 0 amide bonds. The molecule has 0 saturated heterocycles. The predicted octanol–water partition coefficient (Wildman–Crippen LogP) is 3.51. The molecule has 0 radical (unpaired) electrons. The van der Waals surface area contributed by atoms with Crippen molar-refractivity contribution in [3.8, 4) is 5.88 Å². The zero-order chi connectivity index (χ0) is 12.5. The summed E-state index contributed by atoms with van der Waals surface area (Å²) in [6.45, 7) is 8.15. The third-order valence-electron chi connectivity index (χ3n) is 2.93. The fraction of sp³-hybridized carbons (Fsp3) is 0.429. The number of hydrogen-bond acceptors (Lipinski definition) is 3. The Kier molecular flexibility index (Phi) is 3.01. The summed E-state index contributed by atoms with van der Waals surface area (Å²) in [6.07, 6.45) is 0.931. The first kappa shape index (κ1) is 11.8. The first-order chi connectivity index (χ1) is 8.02. The van der Waals surface area contributed by atoms with E-state index < -0.39 is 0 Å². The molecule has 0 unspecified atom stereocenters.